The number of anilines is 1. The highest BCUT2D eigenvalue weighted by molar-refractivity contribution is 6.42. The largest absolute Gasteiger partial charge is 0.396 e. The molecule has 1 aromatic carbocycles. The van der Waals surface area contributed by atoms with Crippen LogP contribution in [0.5, 0.6) is 0 Å². The molecule has 0 saturated carbocycles. The molecule has 0 aliphatic heterocycles. The van der Waals surface area contributed by atoms with Crippen molar-refractivity contribution in [2.75, 3.05) is 18.5 Å². The molecule has 0 unspecified atom stereocenters. The van der Waals surface area contributed by atoms with Crippen LogP contribution in [0, 0.1) is 0 Å². The summed E-state index contributed by atoms with van der Waals surface area (Å²) in [5.74, 6) is 0.456. The molecule has 10 heteroatoms. The van der Waals surface area contributed by atoms with Gasteiger partial charge in [-0.05, 0) is 24.1 Å². The van der Waals surface area contributed by atoms with Gasteiger partial charge < -0.3 is 15.0 Å². The van der Waals surface area contributed by atoms with Gasteiger partial charge in [-0.1, -0.05) is 29.3 Å². The van der Waals surface area contributed by atoms with Crippen molar-refractivity contribution in [1.82, 2.24) is 18.7 Å². The van der Waals surface area contributed by atoms with E-state index in [0.717, 1.165) is 4.57 Å². The number of nitrogens with one attached hydrogen (secondary N) is 1. The maximum absolute atomic E-state index is 13.0. The summed E-state index contributed by atoms with van der Waals surface area (Å²) in [6.07, 6.45) is 0.545. The van der Waals surface area contributed by atoms with Crippen molar-refractivity contribution in [3.63, 3.8) is 0 Å². The first-order chi connectivity index (χ1) is 12.8. The summed E-state index contributed by atoms with van der Waals surface area (Å²) in [6, 6.07) is 4.97. The summed E-state index contributed by atoms with van der Waals surface area (Å²) >= 11 is 12.0. The van der Waals surface area contributed by atoms with Gasteiger partial charge in [-0.3, -0.25) is 13.9 Å². The number of aromatic nitrogens is 4. The smallest absolute Gasteiger partial charge is 0.332 e. The maximum atomic E-state index is 13.0. The molecule has 0 saturated heterocycles. The zero-order chi connectivity index (χ0) is 19.7. The molecule has 2 N–H and O–H groups in total. The summed E-state index contributed by atoms with van der Waals surface area (Å²) < 4.78 is 4.09. The first-order valence-corrected chi connectivity index (χ1v) is 9.05. The average Bonchev–Trinajstić information content (AvgIpc) is 2.97. The third kappa shape index (κ3) is 3.60. The molecule has 0 bridgehead atoms. The second-order valence-electron chi connectivity index (χ2n) is 6.15. The zero-order valence-electron chi connectivity index (χ0n) is 14.9. The molecule has 0 aliphatic rings. The Balaban J connectivity index is 2.11. The Bertz CT molecular complexity index is 1120. The Morgan fingerprint density at radius 1 is 1.15 bits per heavy atom. The highest BCUT2D eigenvalue weighted by Gasteiger charge is 2.18. The summed E-state index contributed by atoms with van der Waals surface area (Å²) in [5.41, 5.74) is 0.377. The van der Waals surface area contributed by atoms with E-state index in [-0.39, 0.29) is 13.2 Å². The van der Waals surface area contributed by atoms with Gasteiger partial charge in [-0.15, -0.1) is 0 Å². The lowest BCUT2D eigenvalue weighted by atomic mass is 10.2. The Kier molecular flexibility index (Phi) is 5.59. The van der Waals surface area contributed by atoms with Crippen molar-refractivity contribution in [2.45, 2.75) is 13.0 Å². The molecule has 0 fully saturated rings. The molecule has 2 aromatic heterocycles. The van der Waals surface area contributed by atoms with Gasteiger partial charge in [0.05, 0.1) is 16.6 Å². The van der Waals surface area contributed by atoms with Crippen LogP contribution in [0.2, 0.25) is 10.0 Å². The van der Waals surface area contributed by atoms with Gasteiger partial charge in [0.2, 0.25) is 5.95 Å². The van der Waals surface area contributed by atoms with E-state index in [1.807, 2.05) is 0 Å². The van der Waals surface area contributed by atoms with Crippen molar-refractivity contribution in [3.8, 4) is 0 Å². The van der Waals surface area contributed by atoms with Crippen LogP contribution in [0.15, 0.2) is 27.8 Å². The van der Waals surface area contributed by atoms with Crippen LogP contribution in [-0.4, -0.2) is 36.9 Å². The van der Waals surface area contributed by atoms with Gasteiger partial charge in [0.15, 0.2) is 11.2 Å². The van der Waals surface area contributed by atoms with E-state index in [1.165, 1.54) is 4.57 Å². The van der Waals surface area contributed by atoms with E-state index < -0.39 is 11.2 Å². The molecular weight excluding hydrogens is 393 g/mol. The van der Waals surface area contributed by atoms with Crippen LogP contribution in [0.1, 0.15) is 12.0 Å². The van der Waals surface area contributed by atoms with Crippen LogP contribution in [0.3, 0.4) is 0 Å². The van der Waals surface area contributed by atoms with E-state index >= 15 is 0 Å². The minimum atomic E-state index is -0.474. The number of hydrogen-bond acceptors (Lipinski definition) is 5. The van der Waals surface area contributed by atoms with Crippen molar-refractivity contribution < 1.29 is 5.11 Å². The number of hydrogen-bond donors (Lipinski definition) is 2. The predicted octanol–water partition coefficient (Wildman–Crippen LogP) is 1.58. The normalized spacial score (nSPS) is 11.3. The van der Waals surface area contributed by atoms with Gasteiger partial charge >= 0.3 is 5.69 Å². The molecule has 0 amide bonds. The van der Waals surface area contributed by atoms with Gasteiger partial charge in [-0.25, -0.2) is 4.79 Å². The Labute approximate surface area is 164 Å². The molecule has 0 aliphatic carbocycles. The fraction of sp³-hybridized carbons (Fsp3) is 0.353. The lowest BCUT2D eigenvalue weighted by Gasteiger charge is -2.09. The summed E-state index contributed by atoms with van der Waals surface area (Å²) in [5, 5.41) is 12.7. The molecule has 2 heterocycles. The lowest BCUT2D eigenvalue weighted by molar-refractivity contribution is 0.292. The average molecular weight is 412 g/mol. The Morgan fingerprint density at radius 2 is 1.89 bits per heavy atom. The second-order valence-corrected chi connectivity index (χ2v) is 6.97. The minimum Gasteiger partial charge on any atom is -0.396 e. The van der Waals surface area contributed by atoms with Gasteiger partial charge in [0, 0.05) is 27.2 Å². The SMILES string of the molecule is Cn1c(NCCCO)nc2c1c(=O)n(Cc1ccc(Cl)c(Cl)c1)c(=O)n2C. The Morgan fingerprint density at radius 3 is 2.56 bits per heavy atom. The number of imidazole rings is 1. The molecule has 3 aromatic rings. The number of halogens is 2. The number of nitrogens with zero attached hydrogens (tertiary/aromatic N) is 4. The quantitative estimate of drug-likeness (QED) is 0.600. The second kappa shape index (κ2) is 7.75. The third-order valence-electron chi connectivity index (χ3n) is 4.30. The molecule has 27 heavy (non-hydrogen) atoms. The fourth-order valence-electron chi connectivity index (χ4n) is 2.84. The fourth-order valence-corrected chi connectivity index (χ4v) is 3.16. The highest BCUT2D eigenvalue weighted by Crippen LogP contribution is 2.22. The molecular formula is C17H19Cl2N5O3. The first kappa shape index (κ1) is 19.5. The van der Waals surface area contributed by atoms with E-state index in [4.69, 9.17) is 28.3 Å². The van der Waals surface area contributed by atoms with Crippen LogP contribution in [0.4, 0.5) is 5.95 Å². The molecule has 0 spiro atoms. The van der Waals surface area contributed by atoms with Crippen LogP contribution >= 0.6 is 23.2 Å². The third-order valence-corrected chi connectivity index (χ3v) is 5.04. The maximum Gasteiger partial charge on any atom is 0.332 e. The van der Waals surface area contributed by atoms with E-state index in [2.05, 4.69) is 10.3 Å². The predicted molar refractivity (Wildman–Crippen MR) is 106 cm³/mol. The van der Waals surface area contributed by atoms with Gasteiger partial charge in [0.25, 0.3) is 5.56 Å². The number of rotatable bonds is 6. The summed E-state index contributed by atoms with van der Waals surface area (Å²) in [7, 11) is 3.27. The van der Waals surface area contributed by atoms with Gasteiger partial charge in [-0.2, -0.15) is 4.98 Å². The topological polar surface area (TPSA) is 94.1 Å². The zero-order valence-corrected chi connectivity index (χ0v) is 16.4. The van der Waals surface area contributed by atoms with Crippen LogP contribution in [-0.2, 0) is 20.6 Å². The lowest BCUT2D eigenvalue weighted by Crippen LogP contribution is -2.39. The summed E-state index contributed by atoms with van der Waals surface area (Å²) in [6.45, 7) is 0.613. The number of aliphatic hydroxyl groups is 1. The molecule has 0 atom stereocenters. The monoisotopic (exact) mass is 411 g/mol. The van der Waals surface area contributed by atoms with E-state index in [1.54, 1.807) is 36.9 Å². The number of benzene rings is 1. The molecule has 8 nitrogen and oxygen atoms in total. The van der Waals surface area contributed by atoms with E-state index in [0.29, 0.717) is 45.7 Å². The summed E-state index contributed by atoms with van der Waals surface area (Å²) in [4.78, 5) is 30.0. The molecule has 144 valence electrons. The molecule has 3 rings (SSSR count). The van der Waals surface area contributed by atoms with Gasteiger partial charge in [0.1, 0.15) is 0 Å². The van der Waals surface area contributed by atoms with E-state index in [9.17, 15) is 9.59 Å². The minimum absolute atomic E-state index is 0.0475. The number of aliphatic hydroxyl groups excluding tert-OH is 1. The van der Waals surface area contributed by atoms with Crippen molar-refractivity contribution in [2.24, 2.45) is 14.1 Å². The Hall–Kier alpha value is -2.29. The number of aryl methyl sites for hydroxylation is 2. The molecule has 0 radical (unpaired) electrons. The highest BCUT2D eigenvalue weighted by atomic mass is 35.5. The van der Waals surface area contributed by atoms with Crippen LogP contribution < -0.4 is 16.6 Å². The van der Waals surface area contributed by atoms with Crippen molar-refractivity contribution >= 4 is 40.3 Å². The van der Waals surface area contributed by atoms with Crippen molar-refractivity contribution in [1.29, 1.82) is 0 Å². The van der Waals surface area contributed by atoms with Crippen molar-refractivity contribution in [3.05, 3.63) is 54.6 Å². The van der Waals surface area contributed by atoms with Crippen LogP contribution in [0.25, 0.3) is 11.2 Å². The first-order valence-electron chi connectivity index (χ1n) is 8.30. The number of fused-ring (bicyclic) bond motifs is 1. The standard InChI is InChI=1S/C17H19Cl2N5O3/c1-22-13-14(21-16(22)20-6-3-7-25)23(2)17(27)24(15(13)26)9-10-4-5-11(18)12(19)8-10/h4-5,8,25H,3,6-7,9H2,1-2H3,(H,20,21).